The van der Waals surface area contributed by atoms with Crippen LogP contribution in [0.3, 0.4) is 0 Å². The Morgan fingerprint density at radius 1 is 0.943 bits per heavy atom. The molecule has 0 bridgehead atoms. The lowest BCUT2D eigenvalue weighted by atomic mass is 9.85. The summed E-state index contributed by atoms with van der Waals surface area (Å²) >= 11 is 0. The van der Waals surface area contributed by atoms with Crippen molar-refractivity contribution in [2.75, 3.05) is 40.5 Å². The van der Waals surface area contributed by atoms with E-state index in [1.54, 1.807) is 19.1 Å². The molecule has 35 heavy (non-hydrogen) atoms. The van der Waals surface area contributed by atoms with Gasteiger partial charge in [-0.15, -0.1) is 0 Å². The number of carbonyl (C=O) groups is 2. The van der Waals surface area contributed by atoms with Crippen LogP contribution in [0.5, 0.6) is 5.75 Å². The van der Waals surface area contributed by atoms with E-state index in [0.717, 1.165) is 25.2 Å². The summed E-state index contributed by atoms with van der Waals surface area (Å²) < 4.78 is 10.6. The molecule has 2 aliphatic heterocycles. The summed E-state index contributed by atoms with van der Waals surface area (Å²) in [4.78, 5) is 32.8. The molecule has 0 saturated carbocycles. The number of ether oxygens (including phenoxy) is 2. The minimum atomic E-state index is -0.799. The lowest BCUT2D eigenvalue weighted by Gasteiger charge is -2.42. The lowest BCUT2D eigenvalue weighted by Crippen LogP contribution is -2.57. The quantitative estimate of drug-likeness (QED) is 0.503. The van der Waals surface area contributed by atoms with Gasteiger partial charge in [0.05, 0.1) is 20.3 Å². The highest BCUT2D eigenvalue weighted by molar-refractivity contribution is 6.07. The summed E-state index contributed by atoms with van der Waals surface area (Å²) in [5, 5.41) is 0. The highest BCUT2D eigenvalue weighted by atomic mass is 16.5. The molecule has 2 heterocycles. The molecule has 0 aliphatic carbocycles. The molecule has 7 nitrogen and oxygen atoms in total. The average Bonchev–Trinajstić information content (AvgIpc) is 3.05. The second-order valence-electron chi connectivity index (χ2n) is 9.87. The highest BCUT2D eigenvalue weighted by Gasteiger charge is 2.57. The Balaban J connectivity index is 1.48. The average molecular weight is 480 g/mol. The summed E-state index contributed by atoms with van der Waals surface area (Å²) in [7, 11) is 3.23. The number of benzene rings is 2. The number of methoxy groups -OCH3 is 2. The monoisotopic (exact) mass is 479 g/mol. The maximum absolute atomic E-state index is 13.8. The Bertz CT molecular complexity index is 1030. The van der Waals surface area contributed by atoms with Crippen LogP contribution in [0.1, 0.15) is 49.3 Å². The van der Waals surface area contributed by atoms with E-state index < -0.39 is 5.54 Å². The number of likely N-dealkylation sites (tertiary alicyclic amines) is 1. The largest absolute Gasteiger partial charge is 0.497 e. The molecule has 2 saturated heterocycles. The number of carbonyl (C=O) groups excluding carboxylic acids is 2. The van der Waals surface area contributed by atoms with E-state index >= 15 is 0 Å². The summed E-state index contributed by atoms with van der Waals surface area (Å²) in [6, 6.07) is 16.1. The first-order valence-electron chi connectivity index (χ1n) is 12.4. The third-order valence-electron chi connectivity index (χ3n) is 7.35. The molecule has 7 heteroatoms. The summed E-state index contributed by atoms with van der Waals surface area (Å²) in [5.74, 6) is 1.13. The maximum Gasteiger partial charge on any atom is 0.328 e. The second-order valence-corrected chi connectivity index (χ2v) is 9.87. The fraction of sp³-hybridized carbons (Fsp3) is 0.500. The zero-order valence-corrected chi connectivity index (χ0v) is 21.3. The van der Waals surface area contributed by atoms with Crippen LogP contribution in [-0.4, -0.2) is 72.6 Å². The van der Waals surface area contributed by atoms with Crippen molar-refractivity contribution in [1.82, 2.24) is 14.7 Å². The molecular formula is C28H37N3O4. The molecule has 0 unspecified atom stereocenters. The minimum Gasteiger partial charge on any atom is -0.497 e. The molecule has 0 aromatic heterocycles. The first-order valence-corrected chi connectivity index (χ1v) is 12.4. The van der Waals surface area contributed by atoms with E-state index in [1.807, 2.05) is 24.3 Å². The number of hydrogen-bond donors (Lipinski definition) is 0. The van der Waals surface area contributed by atoms with Gasteiger partial charge in [-0.1, -0.05) is 50.2 Å². The number of nitrogens with zero attached hydrogens (tertiary/aromatic N) is 3. The Morgan fingerprint density at radius 2 is 1.66 bits per heavy atom. The van der Waals surface area contributed by atoms with Gasteiger partial charge in [-0.3, -0.25) is 14.6 Å². The number of imide groups is 1. The lowest BCUT2D eigenvalue weighted by molar-refractivity contribution is -0.136. The molecule has 4 rings (SSSR count). The number of urea groups is 1. The molecule has 0 N–H and O–H groups in total. The van der Waals surface area contributed by atoms with Crippen LogP contribution < -0.4 is 4.74 Å². The van der Waals surface area contributed by atoms with Crippen LogP contribution in [0, 0.1) is 0 Å². The fourth-order valence-corrected chi connectivity index (χ4v) is 5.20. The van der Waals surface area contributed by atoms with Crippen molar-refractivity contribution < 1.29 is 19.1 Å². The third-order valence-corrected chi connectivity index (χ3v) is 7.35. The van der Waals surface area contributed by atoms with Crippen molar-refractivity contribution >= 4 is 11.9 Å². The van der Waals surface area contributed by atoms with Crippen molar-refractivity contribution in [1.29, 1.82) is 0 Å². The van der Waals surface area contributed by atoms with Crippen LogP contribution >= 0.6 is 0 Å². The smallest absolute Gasteiger partial charge is 0.328 e. The fourth-order valence-electron chi connectivity index (χ4n) is 5.20. The minimum absolute atomic E-state index is 0.0950. The number of rotatable bonds is 9. The molecule has 2 aliphatic rings. The number of hydrogen-bond acceptors (Lipinski definition) is 5. The summed E-state index contributed by atoms with van der Waals surface area (Å²) in [6.07, 6.45) is 1.25. The van der Waals surface area contributed by atoms with Crippen molar-refractivity contribution in [2.45, 2.75) is 51.2 Å². The van der Waals surface area contributed by atoms with Crippen LogP contribution in [0.2, 0.25) is 0 Å². The van der Waals surface area contributed by atoms with Gasteiger partial charge in [0.15, 0.2) is 0 Å². The summed E-state index contributed by atoms with van der Waals surface area (Å²) in [6.45, 7) is 7.83. The Kier molecular flexibility index (Phi) is 7.77. The van der Waals surface area contributed by atoms with Gasteiger partial charge in [0, 0.05) is 33.3 Å². The predicted molar refractivity (Wildman–Crippen MR) is 135 cm³/mol. The third kappa shape index (κ3) is 5.21. The van der Waals surface area contributed by atoms with Crippen molar-refractivity contribution in [2.24, 2.45) is 0 Å². The highest BCUT2D eigenvalue weighted by Crippen LogP contribution is 2.38. The van der Waals surface area contributed by atoms with Crippen LogP contribution in [0.25, 0.3) is 0 Å². The van der Waals surface area contributed by atoms with Crippen molar-refractivity contribution in [3.63, 3.8) is 0 Å². The van der Waals surface area contributed by atoms with Gasteiger partial charge in [-0.25, -0.2) is 4.79 Å². The van der Waals surface area contributed by atoms with Crippen LogP contribution in [0.4, 0.5) is 4.79 Å². The van der Waals surface area contributed by atoms with E-state index in [1.165, 1.54) is 16.0 Å². The molecule has 2 fully saturated rings. The Hall–Kier alpha value is -2.90. The topological polar surface area (TPSA) is 62.3 Å². The first-order chi connectivity index (χ1) is 16.9. The van der Waals surface area contributed by atoms with Gasteiger partial charge < -0.3 is 14.4 Å². The van der Waals surface area contributed by atoms with Crippen LogP contribution in [0.15, 0.2) is 48.5 Å². The molecule has 0 radical (unpaired) electrons. The molecule has 3 amide bonds. The molecular weight excluding hydrogens is 442 g/mol. The van der Waals surface area contributed by atoms with Gasteiger partial charge in [0.2, 0.25) is 0 Å². The number of piperidine rings is 1. The summed E-state index contributed by atoms with van der Waals surface area (Å²) in [5.41, 5.74) is 2.69. The zero-order chi connectivity index (χ0) is 25.0. The zero-order valence-electron chi connectivity index (χ0n) is 21.3. The molecule has 2 aromatic carbocycles. The van der Waals surface area contributed by atoms with E-state index in [4.69, 9.17) is 9.47 Å². The van der Waals surface area contributed by atoms with E-state index in [9.17, 15) is 9.59 Å². The van der Waals surface area contributed by atoms with Gasteiger partial charge >= 0.3 is 6.03 Å². The Labute approximate surface area is 208 Å². The Morgan fingerprint density at radius 3 is 2.29 bits per heavy atom. The molecule has 2 aromatic rings. The van der Waals surface area contributed by atoms with E-state index in [-0.39, 0.29) is 18.5 Å². The van der Waals surface area contributed by atoms with Crippen molar-refractivity contribution in [3.8, 4) is 5.75 Å². The molecule has 0 atom stereocenters. The SMILES string of the molecule is COCCN1C(=O)N(Cc2cccc(OC)c2)C(=O)C12CCN(Cc1ccc(C(C)C)cc1)CC2. The second kappa shape index (κ2) is 10.8. The maximum atomic E-state index is 13.8. The normalized spacial score (nSPS) is 18.2. The van der Waals surface area contributed by atoms with Gasteiger partial charge in [0.1, 0.15) is 11.3 Å². The van der Waals surface area contributed by atoms with E-state index in [0.29, 0.717) is 37.7 Å². The van der Waals surface area contributed by atoms with Crippen molar-refractivity contribution in [3.05, 3.63) is 65.2 Å². The van der Waals surface area contributed by atoms with Gasteiger partial charge in [-0.2, -0.15) is 0 Å². The molecule has 188 valence electrons. The molecule has 1 spiro atoms. The predicted octanol–water partition coefficient (Wildman–Crippen LogP) is 4.26. The van der Waals surface area contributed by atoms with Crippen LogP contribution in [-0.2, 0) is 22.6 Å². The standard InChI is InChI=1S/C28H37N3O4/c1-21(2)24-10-8-22(9-11-24)19-29-14-12-28(13-15-29)26(32)30(27(33)31(28)16-17-34-3)20-23-6-5-7-25(18-23)35-4/h5-11,18,21H,12-17,19-20H2,1-4H3. The number of amides is 3. The van der Waals surface area contributed by atoms with Gasteiger partial charge in [0.25, 0.3) is 5.91 Å². The first kappa shape index (κ1) is 25.2. The van der Waals surface area contributed by atoms with Gasteiger partial charge in [-0.05, 0) is 47.6 Å². The van der Waals surface area contributed by atoms with E-state index in [2.05, 4.69) is 43.0 Å².